The molecular weight excluding hydrogens is 248 g/mol. The van der Waals surface area contributed by atoms with Gasteiger partial charge >= 0.3 is 0 Å². The zero-order valence-electron chi connectivity index (χ0n) is 11.5. The summed E-state index contributed by atoms with van der Waals surface area (Å²) >= 11 is 0. The third-order valence-electron chi connectivity index (χ3n) is 2.77. The quantitative estimate of drug-likeness (QED) is 0.864. The van der Waals surface area contributed by atoms with Crippen LogP contribution in [-0.4, -0.2) is 32.9 Å². The van der Waals surface area contributed by atoms with E-state index in [2.05, 4.69) is 19.2 Å². The van der Waals surface area contributed by atoms with Gasteiger partial charge < -0.3 is 5.32 Å². The minimum Gasteiger partial charge on any atom is -0.383 e. The van der Waals surface area contributed by atoms with Crippen molar-refractivity contribution in [3.05, 3.63) is 24.3 Å². The van der Waals surface area contributed by atoms with E-state index >= 15 is 0 Å². The van der Waals surface area contributed by atoms with Crippen molar-refractivity contribution in [2.75, 3.05) is 19.4 Å². The maximum Gasteiger partial charge on any atom is 0.242 e. The van der Waals surface area contributed by atoms with E-state index in [0.717, 1.165) is 18.5 Å². The Bertz CT molecular complexity index is 466. The molecule has 0 aromatic heterocycles. The average Bonchev–Trinajstić information content (AvgIpc) is 2.29. The van der Waals surface area contributed by atoms with Crippen LogP contribution in [0.2, 0.25) is 0 Å². The summed E-state index contributed by atoms with van der Waals surface area (Å²) in [5.74, 6) is 0. The highest BCUT2D eigenvalue weighted by Crippen LogP contribution is 2.17. The Balaban J connectivity index is 2.81. The van der Waals surface area contributed by atoms with E-state index in [1.54, 1.807) is 12.1 Å². The minimum absolute atomic E-state index is 0.321. The van der Waals surface area contributed by atoms with Crippen LogP contribution in [0.25, 0.3) is 0 Å². The number of nitrogens with one attached hydrogen (secondary N) is 1. The van der Waals surface area contributed by atoms with Gasteiger partial charge in [0, 0.05) is 25.8 Å². The molecule has 4 nitrogen and oxygen atoms in total. The van der Waals surface area contributed by atoms with Gasteiger partial charge in [0.1, 0.15) is 0 Å². The van der Waals surface area contributed by atoms with Gasteiger partial charge in [-0.15, -0.1) is 0 Å². The maximum absolute atomic E-state index is 11.9. The lowest BCUT2D eigenvalue weighted by atomic mass is 10.2. The molecule has 0 fully saturated rings. The van der Waals surface area contributed by atoms with Crippen LogP contribution in [0.1, 0.15) is 26.7 Å². The largest absolute Gasteiger partial charge is 0.383 e. The predicted molar refractivity (Wildman–Crippen MR) is 75.3 cm³/mol. The van der Waals surface area contributed by atoms with Gasteiger partial charge in [-0.3, -0.25) is 0 Å². The molecular formula is C13H22N2O2S. The van der Waals surface area contributed by atoms with Gasteiger partial charge in [0.05, 0.1) is 4.90 Å². The molecule has 5 heteroatoms. The van der Waals surface area contributed by atoms with Gasteiger partial charge in [-0.1, -0.05) is 13.3 Å². The highest BCUT2D eigenvalue weighted by molar-refractivity contribution is 7.89. The van der Waals surface area contributed by atoms with Crippen LogP contribution in [0.15, 0.2) is 29.2 Å². The smallest absolute Gasteiger partial charge is 0.242 e. The summed E-state index contributed by atoms with van der Waals surface area (Å²) in [5.41, 5.74) is 0.952. The molecule has 1 rings (SSSR count). The Kier molecular flexibility index (Phi) is 5.16. The van der Waals surface area contributed by atoms with E-state index in [4.69, 9.17) is 0 Å². The Morgan fingerprint density at radius 2 is 1.78 bits per heavy atom. The fourth-order valence-corrected chi connectivity index (χ4v) is 2.63. The summed E-state index contributed by atoms with van der Waals surface area (Å²) in [6.07, 6.45) is 2.22. The first kappa shape index (κ1) is 15.0. The number of benzene rings is 1. The second-order valence-corrected chi connectivity index (χ2v) is 6.80. The summed E-state index contributed by atoms with van der Waals surface area (Å²) in [4.78, 5) is 0.321. The molecule has 0 aliphatic carbocycles. The van der Waals surface area contributed by atoms with E-state index in [1.165, 1.54) is 18.4 Å². The van der Waals surface area contributed by atoms with E-state index in [1.807, 2.05) is 12.1 Å². The summed E-state index contributed by atoms with van der Waals surface area (Å²) in [6.45, 7) is 4.26. The first-order valence-corrected chi connectivity index (χ1v) is 7.61. The molecule has 102 valence electrons. The Labute approximate surface area is 110 Å². The van der Waals surface area contributed by atoms with Crippen LogP contribution >= 0.6 is 0 Å². The summed E-state index contributed by atoms with van der Waals surface area (Å²) in [5, 5.41) is 3.34. The minimum atomic E-state index is -3.33. The third kappa shape index (κ3) is 3.71. The van der Waals surface area contributed by atoms with Crippen molar-refractivity contribution in [3.8, 4) is 0 Å². The lowest BCUT2D eigenvalue weighted by Crippen LogP contribution is -2.22. The van der Waals surface area contributed by atoms with Crippen molar-refractivity contribution in [1.29, 1.82) is 0 Å². The lowest BCUT2D eigenvalue weighted by molar-refractivity contribution is 0.521. The van der Waals surface area contributed by atoms with Crippen LogP contribution in [-0.2, 0) is 10.0 Å². The zero-order chi connectivity index (χ0) is 13.8. The molecule has 0 saturated heterocycles. The molecule has 0 amide bonds. The van der Waals surface area contributed by atoms with E-state index in [9.17, 15) is 8.42 Å². The molecule has 0 radical (unpaired) electrons. The fraction of sp³-hybridized carbons (Fsp3) is 0.538. The Morgan fingerprint density at radius 3 is 2.22 bits per heavy atom. The fourth-order valence-electron chi connectivity index (χ4n) is 1.72. The molecule has 0 saturated carbocycles. The van der Waals surface area contributed by atoms with Crippen LogP contribution < -0.4 is 5.32 Å². The summed E-state index contributed by atoms with van der Waals surface area (Å²) in [7, 11) is -0.262. The molecule has 1 atom stereocenters. The topological polar surface area (TPSA) is 49.4 Å². The van der Waals surface area contributed by atoms with Crippen LogP contribution in [0.5, 0.6) is 0 Å². The van der Waals surface area contributed by atoms with Gasteiger partial charge in [-0.25, -0.2) is 12.7 Å². The molecule has 1 aromatic rings. The van der Waals surface area contributed by atoms with Crippen LogP contribution in [0.3, 0.4) is 0 Å². The second-order valence-electron chi connectivity index (χ2n) is 4.65. The Morgan fingerprint density at radius 1 is 1.22 bits per heavy atom. The highest BCUT2D eigenvalue weighted by Gasteiger charge is 2.16. The van der Waals surface area contributed by atoms with Crippen molar-refractivity contribution < 1.29 is 8.42 Å². The molecule has 18 heavy (non-hydrogen) atoms. The van der Waals surface area contributed by atoms with Crippen molar-refractivity contribution in [2.24, 2.45) is 0 Å². The monoisotopic (exact) mass is 270 g/mol. The first-order chi connectivity index (χ1) is 8.37. The highest BCUT2D eigenvalue weighted by atomic mass is 32.2. The number of sulfonamides is 1. The van der Waals surface area contributed by atoms with Gasteiger partial charge in [-0.05, 0) is 37.6 Å². The van der Waals surface area contributed by atoms with Gasteiger partial charge in [-0.2, -0.15) is 0 Å². The van der Waals surface area contributed by atoms with Gasteiger partial charge in [0.25, 0.3) is 0 Å². The molecule has 1 N–H and O–H groups in total. The Hall–Kier alpha value is -1.07. The number of hydrogen-bond acceptors (Lipinski definition) is 3. The number of hydrogen-bond donors (Lipinski definition) is 1. The number of rotatable bonds is 6. The summed E-state index contributed by atoms with van der Waals surface area (Å²) in [6, 6.07) is 7.28. The molecule has 1 unspecified atom stereocenters. The maximum atomic E-state index is 11.9. The van der Waals surface area contributed by atoms with Crippen molar-refractivity contribution in [2.45, 2.75) is 37.6 Å². The second kappa shape index (κ2) is 6.20. The number of anilines is 1. The van der Waals surface area contributed by atoms with Crippen LogP contribution in [0, 0.1) is 0 Å². The van der Waals surface area contributed by atoms with E-state index < -0.39 is 10.0 Å². The van der Waals surface area contributed by atoms with Crippen molar-refractivity contribution in [3.63, 3.8) is 0 Å². The normalized spacial score (nSPS) is 13.6. The number of nitrogens with zero attached hydrogens (tertiary/aromatic N) is 1. The first-order valence-electron chi connectivity index (χ1n) is 6.17. The van der Waals surface area contributed by atoms with Crippen LogP contribution in [0.4, 0.5) is 5.69 Å². The molecule has 0 spiro atoms. The molecule has 0 heterocycles. The van der Waals surface area contributed by atoms with Crippen molar-refractivity contribution >= 4 is 15.7 Å². The molecule has 0 bridgehead atoms. The van der Waals surface area contributed by atoms with Gasteiger partial charge in [0.15, 0.2) is 0 Å². The van der Waals surface area contributed by atoms with E-state index in [-0.39, 0.29) is 0 Å². The zero-order valence-corrected chi connectivity index (χ0v) is 12.3. The summed E-state index contributed by atoms with van der Waals surface area (Å²) < 4.78 is 25.0. The third-order valence-corrected chi connectivity index (χ3v) is 4.60. The molecule has 1 aromatic carbocycles. The molecule has 0 aliphatic heterocycles. The predicted octanol–water partition coefficient (Wildman–Crippen LogP) is 2.54. The van der Waals surface area contributed by atoms with Gasteiger partial charge in [0.2, 0.25) is 10.0 Å². The standard InChI is InChI=1S/C13H22N2O2S/c1-5-6-11(2)14-12-7-9-13(10-8-12)18(16,17)15(3)4/h7-11,14H,5-6H2,1-4H3. The van der Waals surface area contributed by atoms with E-state index in [0.29, 0.717) is 10.9 Å². The molecule has 0 aliphatic rings. The lowest BCUT2D eigenvalue weighted by Gasteiger charge is -2.15. The SMILES string of the molecule is CCCC(C)Nc1ccc(S(=O)(=O)N(C)C)cc1. The average molecular weight is 270 g/mol. The van der Waals surface area contributed by atoms with Crippen molar-refractivity contribution in [1.82, 2.24) is 4.31 Å².